The molecule has 0 radical (unpaired) electrons. The number of hydrogen-bond donors (Lipinski definition) is 1. The number of ether oxygens (including phenoxy) is 4. The Morgan fingerprint density at radius 2 is 1.76 bits per heavy atom. The van der Waals surface area contributed by atoms with Gasteiger partial charge in [-0.2, -0.15) is 5.26 Å². The van der Waals surface area contributed by atoms with E-state index in [0.717, 1.165) is 5.69 Å². The van der Waals surface area contributed by atoms with E-state index >= 15 is 0 Å². The van der Waals surface area contributed by atoms with Crippen LogP contribution in [0.4, 0.5) is 5.69 Å². The van der Waals surface area contributed by atoms with E-state index in [1.807, 2.05) is 6.07 Å². The Bertz CT molecular complexity index is 446. The summed E-state index contributed by atoms with van der Waals surface area (Å²) >= 11 is 0. The summed E-state index contributed by atoms with van der Waals surface area (Å²) in [5, 5.41) is 12.0. The van der Waals surface area contributed by atoms with Crippen molar-refractivity contribution in [2.45, 2.75) is 0 Å². The van der Waals surface area contributed by atoms with Gasteiger partial charge in [0.05, 0.1) is 57.5 Å². The zero-order valence-corrected chi connectivity index (χ0v) is 12.6. The van der Waals surface area contributed by atoms with Crippen LogP contribution in [0.1, 0.15) is 5.56 Å². The summed E-state index contributed by atoms with van der Waals surface area (Å²) < 4.78 is 20.8. The van der Waals surface area contributed by atoms with Gasteiger partial charge in [0, 0.05) is 19.7 Å². The predicted octanol–water partition coefficient (Wildman–Crippen LogP) is 1.66. The normalized spacial score (nSPS) is 10.1. The summed E-state index contributed by atoms with van der Waals surface area (Å²) in [7, 11) is 3.22. The molecule has 6 heteroatoms. The molecule has 0 spiro atoms. The second-order valence-electron chi connectivity index (χ2n) is 4.17. The monoisotopic (exact) mass is 294 g/mol. The summed E-state index contributed by atoms with van der Waals surface area (Å²) in [5.41, 5.74) is 1.42. The molecule has 0 fully saturated rings. The lowest BCUT2D eigenvalue weighted by Crippen LogP contribution is -2.14. The molecule has 0 saturated carbocycles. The SMILES string of the molecule is COCCOCCOCCNc1ccc(C#N)cc1OC. The van der Waals surface area contributed by atoms with Crippen molar-refractivity contribution >= 4 is 5.69 Å². The second-order valence-corrected chi connectivity index (χ2v) is 4.17. The predicted molar refractivity (Wildman–Crippen MR) is 79.7 cm³/mol. The Hall–Kier alpha value is -1.81. The highest BCUT2D eigenvalue weighted by molar-refractivity contribution is 5.59. The molecule has 0 atom stereocenters. The van der Waals surface area contributed by atoms with Crippen LogP contribution in [-0.4, -0.2) is 53.8 Å². The minimum Gasteiger partial charge on any atom is -0.495 e. The smallest absolute Gasteiger partial charge is 0.143 e. The van der Waals surface area contributed by atoms with E-state index in [0.29, 0.717) is 50.9 Å². The van der Waals surface area contributed by atoms with Gasteiger partial charge in [0.2, 0.25) is 0 Å². The first-order valence-corrected chi connectivity index (χ1v) is 6.78. The molecule has 0 amide bonds. The summed E-state index contributed by atoms with van der Waals surface area (Å²) in [5.74, 6) is 0.650. The Morgan fingerprint density at radius 3 is 2.43 bits per heavy atom. The van der Waals surface area contributed by atoms with Gasteiger partial charge in [0.25, 0.3) is 0 Å². The molecule has 1 rings (SSSR count). The summed E-state index contributed by atoms with van der Waals surface area (Å²) in [6.45, 7) is 3.51. The van der Waals surface area contributed by atoms with Crippen LogP contribution in [-0.2, 0) is 14.2 Å². The zero-order chi connectivity index (χ0) is 15.3. The quantitative estimate of drug-likeness (QED) is 0.626. The lowest BCUT2D eigenvalue weighted by molar-refractivity contribution is 0.0272. The van der Waals surface area contributed by atoms with Gasteiger partial charge in [-0.15, -0.1) is 0 Å². The first-order valence-electron chi connectivity index (χ1n) is 6.78. The van der Waals surface area contributed by atoms with Gasteiger partial charge in [0.1, 0.15) is 5.75 Å². The molecular formula is C15H22N2O4. The Kier molecular flexibility index (Phi) is 8.96. The fourth-order valence-electron chi connectivity index (χ4n) is 1.63. The van der Waals surface area contributed by atoms with E-state index in [-0.39, 0.29) is 0 Å². The number of nitriles is 1. The molecule has 0 aromatic heterocycles. The van der Waals surface area contributed by atoms with Crippen LogP contribution >= 0.6 is 0 Å². The highest BCUT2D eigenvalue weighted by atomic mass is 16.5. The Labute approximate surface area is 125 Å². The number of benzene rings is 1. The molecule has 0 unspecified atom stereocenters. The zero-order valence-electron chi connectivity index (χ0n) is 12.6. The van der Waals surface area contributed by atoms with Gasteiger partial charge in [-0.25, -0.2) is 0 Å². The van der Waals surface area contributed by atoms with Crippen LogP contribution in [0.5, 0.6) is 5.75 Å². The van der Waals surface area contributed by atoms with Crippen molar-refractivity contribution in [3.63, 3.8) is 0 Å². The van der Waals surface area contributed by atoms with Crippen LogP contribution in [0.15, 0.2) is 18.2 Å². The van der Waals surface area contributed by atoms with Crippen LogP contribution in [0.25, 0.3) is 0 Å². The van der Waals surface area contributed by atoms with E-state index in [1.165, 1.54) is 0 Å². The fourth-order valence-corrected chi connectivity index (χ4v) is 1.63. The van der Waals surface area contributed by atoms with Crippen LogP contribution in [0.3, 0.4) is 0 Å². The van der Waals surface area contributed by atoms with Gasteiger partial charge in [-0.05, 0) is 12.1 Å². The van der Waals surface area contributed by atoms with Crippen molar-refractivity contribution in [2.75, 3.05) is 59.1 Å². The van der Waals surface area contributed by atoms with Crippen LogP contribution < -0.4 is 10.1 Å². The molecule has 21 heavy (non-hydrogen) atoms. The minimum atomic E-state index is 0.551. The molecule has 0 bridgehead atoms. The molecule has 6 nitrogen and oxygen atoms in total. The standard InChI is InChI=1S/C15H22N2O4/c1-18-7-8-21-10-9-20-6-5-17-14-4-3-13(12-16)11-15(14)19-2/h3-4,11,17H,5-10H2,1-2H3. The van der Waals surface area contributed by atoms with Crippen molar-refractivity contribution in [1.82, 2.24) is 0 Å². The molecule has 0 saturated heterocycles. The van der Waals surface area contributed by atoms with E-state index in [1.54, 1.807) is 26.4 Å². The van der Waals surface area contributed by atoms with Gasteiger partial charge in [-0.3, -0.25) is 0 Å². The third-order valence-corrected chi connectivity index (χ3v) is 2.70. The highest BCUT2D eigenvalue weighted by Gasteiger charge is 2.03. The molecule has 1 aromatic rings. The summed E-state index contributed by atoms with van der Waals surface area (Å²) in [6, 6.07) is 7.35. The Morgan fingerprint density at radius 1 is 1.05 bits per heavy atom. The van der Waals surface area contributed by atoms with Gasteiger partial charge in [0.15, 0.2) is 0 Å². The molecule has 0 aliphatic heterocycles. The lowest BCUT2D eigenvalue weighted by atomic mass is 10.2. The maximum Gasteiger partial charge on any atom is 0.143 e. The van der Waals surface area contributed by atoms with E-state index in [9.17, 15) is 0 Å². The van der Waals surface area contributed by atoms with Crippen LogP contribution in [0.2, 0.25) is 0 Å². The molecule has 116 valence electrons. The van der Waals surface area contributed by atoms with Gasteiger partial charge in [-0.1, -0.05) is 0 Å². The van der Waals surface area contributed by atoms with Crippen molar-refractivity contribution in [1.29, 1.82) is 5.26 Å². The topological polar surface area (TPSA) is 72.7 Å². The molecular weight excluding hydrogens is 272 g/mol. The Balaban J connectivity index is 2.17. The molecule has 0 aliphatic carbocycles. The molecule has 1 aromatic carbocycles. The number of methoxy groups -OCH3 is 2. The number of nitrogens with zero attached hydrogens (tertiary/aromatic N) is 1. The second kappa shape index (κ2) is 10.9. The number of rotatable bonds is 11. The van der Waals surface area contributed by atoms with Crippen molar-refractivity contribution in [3.8, 4) is 11.8 Å². The van der Waals surface area contributed by atoms with Gasteiger partial charge >= 0.3 is 0 Å². The van der Waals surface area contributed by atoms with Crippen LogP contribution in [0, 0.1) is 11.3 Å². The molecule has 0 aliphatic rings. The fraction of sp³-hybridized carbons (Fsp3) is 0.533. The molecule has 0 heterocycles. The molecule has 1 N–H and O–H groups in total. The summed E-state index contributed by atoms with van der Waals surface area (Å²) in [6.07, 6.45) is 0. The average Bonchev–Trinajstić information content (AvgIpc) is 2.53. The first kappa shape index (κ1) is 17.2. The van der Waals surface area contributed by atoms with Gasteiger partial charge < -0.3 is 24.3 Å². The first-order chi connectivity index (χ1) is 10.3. The average molecular weight is 294 g/mol. The third-order valence-electron chi connectivity index (χ3n) is 2.70. The van der Waals surface area contributed by atoms with E-state index in [2.05, 4.69) is 11.4 Å². The maximum absolute atomic E-state index is 8.83. The van der Waals surface area contributed by atoms with Crippen molar-refractivity contribution < 1.29 is 18.9 Å². The lowest BCUT2D eigenvalue weighted by Gasteiger charge is -2.11. The minimum absolute atomic E-state index is 0.551. The largest absolute Gasteiger partial charge is 0.495 e. The third kappa shape index (κ3) is 6.95. The number of nitrogens with one attached hydrogen (secondary N) is 1. The van der Waals surface area contributed by atoms with E-state index in [4.69, 9.17) is 24.2 Å². The van der Waals surface area contributed by atoms with E-state index < -0.39 is 0 Å². The summed E-state index contributed by atoms with van der Waals surface area (Å²) in [4.78, 5) is 0. The van der Waals surface area contributed by atoms with Crippen molar-refractivity contribution in [3.05, 3.63) is 23.8 Å². The number of hydrogen-bond acceptors (Lipinski definition) is 6. The highest BCUT2D eigenvalue weighted by Crippen LogP contribution is 2.24. The number of anilines is 1. The van der Waals surface area contributed by atoms with Crippen molar-refractivity contribution in [2.24, 2.45) is 0 Å². The maximum atomic E-state index is 8.83.